The summed E-state index contributed by atoms with van der Waals surface area (Å²) in [6, 6.07) is 11.8. The van der Waals surface area contributed by atoms with E-state index in [4.69, 9.17) is 28.0 Å². The van der Waals surface area contributed by atoms with Gasteiger partial charge in [0.15, 0.2) is 0 Å². The number of rotatable bonds is 5. The van der Waals surface area contributed by atoms with Crippen LogP contribution in [0.3, 0.4) is 0 Å². The zero-order chi connectivity index (χ0) is 16.2. The van der Waals surface area contributed by atoms with E-state index >= 15 is 0 Å². The van der Waals surface area contributed by atoms with Crippen LogP contribution >= 0.6 is 23.2 Å². The third-order valence-electron chi connectivity index (χ3n) is 3.60. The Morgan fingerprint density at radius 1 is 1.13 bits per heavy atom. The van der Waals surface area contributed by atoms with Crippen molar-refractivity contribution in [1.29, 1.82) is 0 Å². The van der Waals surface area contributed by atoms with Crippen molar-refractivity contribution in [2.24, 2.45) is 5.16 Å². The summed E-state index contributed by atoms with van der Waals surface area (Å²) in [5.41, 5.74) is 2.80. The summed E-state index contributed by atoms with van der Waals surface area (Å²) >= 11 is 11.9. The minimum atomic E-state index is -0.229. The van der Waals surface area contributed by atoms with Gasteiger partial charge in [-0.2, -0.15) is 0 Å². The summed E-state index contributed by atoms with van der Waals surface area (Å²) in [7, 11) is 0. The van der Waals surface area contributed by atoms with Crippen LogP contribution in [0.1, 0.15) is 17.5 Å². The summed E-state index contributed by atoms with van der Waals surface area (Å²) in [4.78, 5) is 5.44. The zero-order valence-corrected chi connectivity index (χ0v) is 13.7. The van der Waals surface area contributed by atoms with E-state index in [1.54, 1.807) is 24.3 Å². The van der Waals surface area contributed by atoms with Crippen LogP contribution in [-0.2, 0) is 11.4 Å². The van der Waals surface area contributed by atoms with Crippen LogP contribution in [0.5, 0.6) is 0 Å². The quantitative estimate of drug-likeness (QED) is 0.864. The van der Waals surface area contributed by atoms with Crippen molar-refractivity contribution in [2.75, 3.05) is 6.54 Å². The third kappa shape index (κ3) is 4.22. The van der Waals surface area contributed by atoms with Gasteiger partial charge in [0.2, 0.25) is 0 Å². The van der Waals surface area contributed by atoms with Crippen molar-refractivity contribution in [3.8, 4) is 0 Å². The first-order chi connectivity index (χ1) is 11.1. The van der Waals surface area contributed by atoms with Crippen molar-refractivity contribution in [3.63, 3.8) is 0 Å². The predicted octanol–water partition coefficient (Wildman–Crippen LogP) is 4.42. The van der Waals surface area contributed by atoms with Crippen LogP contribution in [0.2, 0.25) is 10.0 Å². The van der Waals surface area contributed by atoms with Crippen molar-refractivity contribution >= 4 is 28.9 Å². The van der Waals surface area contributed by atoms with Crippen molar-refractivity contribution in [2.45, 2.75) is 19.1 Å². The van der Waals surface area contributed by atoms with E-state index in [0.717, 1.165) is 16.8 Å². The lowest BCUT2D eigenvalue weighted by Gasteiger charge is -2.10. The van der Waals surface area contributed by atoms with E-state index in [1.807, 2.05) is 6.07 Å². The molecule has 6 heteroatoms. The molecule has 0 fully saturated rings. The molecular weight excluding hydrogens is 338 g/mol. The molecule has 1 aliphatic heterocycles. The van der Waals surface area contributed by atoms with E-state index in [9.17, 15) is 4.39 Å². The number of nitrogens with zero attached hydrogens (tertiary/aromatic N) is 1. The predicted molar refractivity (Wildman–Crippen MR) is 90.6 cm³/mol. The second-order valence-corrected chi connectivity index (χ2v) is 6.17. The maximum Gasteiger partial charge on any atom is 0.145 e. The topological polar surface area (TPSA) is 33.6 Å². The van der Waals surface area contributed by atoms with Crippen LogP contribution in [0.15, 0.2) is 47.6 Å². The van der Waals surface area contributed by atoms with Gasteiger partial charge in [-0.3, -0.25) is 0 Å². The highest BCUT2D eigenvalue weighted by molar-refractivity contribution is 6.42. The van der Waals surface area contributed by atoms with Gasteiger partial charge in [0, 0.05) is 25.1 Å². The molecule has 120 valence electrons. The van der Waals surface area contributed by atoms with Gasteiger partial charge >= 0.3 is 0 Å². The average Bonchev–Trinajstić information content (AvgIpc) is 3.01. The van der Waals surface area contributed by atoms with Gasteiger partial charge in [-0.05, 0) is 29.8 Å². The molecule has 0 amide bonds. The number of oxime groups is 1. The second-order valence-electron chi connectivity index (χ2n) is 5.36. The molecular formula is C17H15Cl2FN2O. The van der Waals surface area contributed by atoms with Crippen molar-refractivity contribution < 1.29 is 9.23 Å². The standard InChI is InChI=1S/C17H15Cl2FN2O/c18-15-6-3-12(7-16(15)19)17-8-14(23-22-17)10-21-9-11-1-4-13(20)5-2-11/h1-7,14,21H,8-10H2/t14-/m0/s1. The molecule has 0 spiro atoms. The Bertz CT molecular complexity index is 719. The fourth-order valence-corrected chi connectivity index (χ4v) is 2.66. The highest BCUT2D eigenvalue weighted by Crippen LogP contribution is 2.25. The van der Waals surface area contributed by atoms with Crippen molar-refractivity contribution in [1.82, 2.24) is 5.32 Å². The number of benzene rings is 2. The summed E-state index contributed by atoms with van der Waals surface area (Å²) < 4.78 is 12.8. The molecule has 1 atom stereocenters. The van der Waals surface area contributed by atoms with Gasteiger partial charge in [-0.25, -0.2) is 4.39 Å². The fraction of sp³-hybridized carbons (Fsp3) is 0.235. The fourth-order valence-electron chi connectivity index (χ4n) is 2.36. The summed E-state index contributed by atoms with van der Waals surface area (Å²) in [5, 5.41) is 8.43. The van der Waals surface area contributed by atoms with Crippen LogP contribution in [0.25, 0.3) is 0 Å². The molecule has 3 rings (SSSR count). The van der Waals surface area contributed by atoms with Gasteiger partial charge in [0.1, 0.15) is 11.9 Å². The highest BCUT2D eigenvalue weighted by Gasteiger charge is 2.22. The van der Waals surface area contributed by atoms with E-state index in [2.05, 4.69) is 10.5 Å². The summed E-state index contributed by atoms with van der Waals surface area (Å²) in [6.45, 7) is 1.31. The van der Waals surface area contributed by atoms with Gasteiger partial charge in [0.25, 0.3) is 0 Å². The Kier molecular flexibility index (Phi) is 5.16. The first-order valence-corrected chi connectivity index (χ1v) is 8.00. The van der Waals surface area contributed by atoms with Crippen LogP contribution < -0.4 is 5.32 Å². The number of halogens is 3. The first-order valence-electron chi connectivity index (χ1n) is 7.25. The minimum Gasteiger partial charge on any atom is -0.390 e. The van der Waals surface area contributed by atoms with Crippen LogP contribution in [0, 0.1) is 5.82 Å². The SMILES string of the molecule is Fc1ccc(CNC[C@@H]2CC(c3ccc(Cl)c(Cl)c3)=NO2)cc1. The molecule has 0 aliphatic carbocycles. The van der Waals surface area contributed by atoms with Gasteiger partial charge in [0.05, 0.1) is 15.8 Å². The maximum absolute atomic E-state index is 12.8. The summed E-state index contributed by atoms with van der Waals surface area (Å²) in [6.07, 6.45) is 0.675. The molecule has 1 heterocycles. The molecule has 0 saturated carbocycles. The zero-order valence-electron chi connectivity index (χ0n) is 12.2. The molecule has 1 N–H and O–H groups in total. The summed E-state index contributed by atoms with van der Waals surface area (Å²) in [5.74, 6) is -0.229. The molecule has 1 aliphatic rings. The maximum atomic E-state index is 12.8. The molecule has 23 heavy (non-hydrogen) atoms. The number of hydrogen-bond acceptors (Lipinski definition) is 3. The van der Waals surface area contributed by atoms with Crippen LogP contribution in [0.4, 0.5) is 4.39 Å². The van der Waals surface area contributed by atoms with Crippen molar-refractivity contribution in [3.05, 3.63) is 69.5 Å². The Morgan fingerprint density at radius 3 is 2.65 bits per heavy atom. The monoisotopic (exact) mass is 352 g/mol. The number of hydrogen-bond donors (Lipinski definition) is 1. The minimum absolute atomic E-state index is 0.0279. The third-order valence-corrected chi connectivity index (χ3v) is 4.34. The lowest BCUT2D eigenvalue weighted by molar-refractivity contribution is 0.0848. The van der Waals surface area contributed by atoms with E-state index in [-0.39, 0.29) is 11.9 Å². The van der Waals surface area contributed by atoms with Gasteiger partial charge in [-0.15, -0.1) is 0 Å². The smallest absolute Gasteiger partial charge is 0.145 e. The molecule has 3 nitrogen and oxygen atoms in total. The van der Waals surface area contributed by atoms with E-state index < -0.39 is 0 Å². The number of nitrogens with one attached hydrogen (secondary N) is 1. The molecule has 2 aromatic rings. The lowest BCUT2D eigenvalue weighted by Crippen LogP contribution is -2.26. The Labute approximate surface area is 144 Å². The molecule has 0 unspecified atom stereocenters. The Morgan fingerprint density at radius 2 is 1.91 bits per heavy atom. The average molecular weight is 353 g/mol. The highest BCUT2D eigenvalue weighted by atomic mass is 35.5. The Balaban J connectivity index is 1.49. The van der Waals surface area contributed by atoms with Gasteiger partial charge < -0.3 is 10.2 Å². The van der Waals surface area contributed by atoms with E-state index in [0.29, 0.717) is 29.6 Å². The van der Waals surface area contributed by atoms with E-state index in [1.165, 1.54) is 12.1 Å². The lowest BCUT2D eigenvalue weighted by atomic mass is 10.1. The van der Waals surface area contributed by atoms with Crippen LogP contribution in [-0.4, -0.2) is 18.4 Å². The molecule has 2 aromatic carbocycles. The molecule has 0 saturated heterocycles. The Hall–Kier alpha value is -1.62. The largest absolute Gasteiger partial charge is 0.390 e. The van der Waals surface area contributed by atoms with Gasteiger partial charge in [-0.1, -0.05) is 46.6 Å². The normalized spacial score (nSPS) is 17.0. The molecule has 0 bridgehead atoms. The molecule has 0 radical (unpaired) electrons. The first kappa shape index (κ1) is 16.2. The second kappa shape index (κ2) is 7.30. The molecule has 0 aromatic heterocycles.